The highest BCUT2D eigenvalue weighted by Gasteiger charge is 2.18. The molecule has 2 rings (SSSR count). The third-order valence-corrected chi connectivity index (χ3v) is 2.68. The summed E-state index contributed by atoms with van der Waals surface area (Å²) >= 11 is 5.98. The first-order chi connectivity index (χ1) is 8.20. The summed E-state index contributed by atoms with van der Waals surface area (Å²) in [4.78, 5) is 11.5. The monoisotopic (exact) mass is 255 g/mol. The molecule has 92 valence electrons. The van der Waals surface area contributed by atoms with E-state index in [4.69, 9.17) is 21.1 Å². The Morgan fingerprint density at radius 2 is 2.41 bits per heavy atom. The van der Waals surface area contributed by atoms with Gasteiger partial charge in [-0.2, -0.15) is 0 Å². The van der Waals surface area contributed by atoms with Gasteiger partial charge in [0.15, 0.2) is 0 Å². The van der Waals surface area contributed by atoms with Gasteiger partial charge in [0.2, 0.25) is 5.91 Å². The Morgan fingerprint density at radius 1 is 1.59 bits per heavy atom. The summed E-state index contributed by atoms with van der Waals surface area (Å²) in [6, 6.07) is 3.55. The van der Waals surface area contributed by atoms with Crippen molar-refractivity contribution in [2.75, 3.05) is 25.1 Å². The molecule has 1 amide bonds. The molecule has 1 heterocycles. The number of nitrogens with one attached hydrogen (secondary N) is 1. The molecular formula is C12H14ClNO3. The molecule has 0 spiro atoms. The number of anilines is 1. The van der Waals surface area contributed by atoms with Crippen LogP contribution < -0.4 is 10.1 Å². The van der Waals surface area contributed by atoms with Crippen LogP contribution in [0.2, 0.25) is 5.02 Å². The number of benzene rings is 1. The Hall–Kier alpha value is -1.26. The summed E-state index contributed by atoms with van der Waals surface area (Å²) in [6.07, 6.45) is 0.824. The van der Waals surface area contributed by atoms with Crippen LogP contribution in [-0.2, 0) is 16.0 Å². The number of amides is 1. The molecule has 0 atom stereocenters. The summed E-state index contributed by atoms with van der Waals surface area (Å²) in [5.74, 6) is 0.520. The minimum absolute atomic E-state index is 0.0395. The van der Waals surface area contributed by atoms with Gasteiger partial charge in [-0.1, -0.05) is 11.6 Å². The number of hydrogen-bond acceptors (Lipinski definition) is 3. The molecule has 5 heteroatoms. The second-order valence-corrected chi connectivity index (χ2v) is 4.16. The van der Waals surface area contributed by atoms with Gasteiger partial charge in [0.1, 0.15) is 12.4 Å². The van der Waals surface area contributed by atoms with Crippen molar-refractivity contribution in [2.24, 2.45) is 0 Å². The van der Waals surface area contributed by atoms with Gasteiger partial charge in [-0.25, -0.2) is 0 Å². The maximum atomic E-state index is 11.5. The van der Waals surface area contributed by atoms with Gasteiger partial charge < -0.3 is 14.8 Å². The predicted octanol–water partition coefficient (Wildman–Crippen LogP) is 2.25. The zero-order chi connectivity index (χ0) is 12.3. The smallest absolute Gasteiger partial charge is 0.250 e. The topological polar surface area (TPSA) is 47.6 Å². The van der Waals surface area contributed by atoms with Gasteiger partial charge in [0.05, 0.1) is 12.3 Å². The van der Waals surface area contributed by atoms with Crippen LogP contribution in [0, 0.1) is 0 Å². The normalized spacial score (nSPS) is 13.1. The summed E-state index contributed by atoms with van der Waals surface area (Å²) in [7, 11) is 0. The molecule has 0 saturated carbocycles. The van der Waals surface area contributed by atoms with Crippen molar-refractivity contribution in [2.45, 2.75) is 13.3 Å². The molecule has 17 heavy (non-hydrogen) atoms. The Balaban J connectivity index is 2.13. The van der Waals surface area contributed by atoms with Crippen molar-refractivity contribution in [3.8, 4) is 5.75 Å². The van der Waals surface area contributed by atoms with E-state index >= 15 is 0 Å². The van der Waals surface area contributed by atoms with Crippen molar-refractivity contribution < 1.29 is 14.3 Å². The molecule has 1 aromatic rings. The fourth-order valence-electron chi connectivity index (χ4n) is 1.74. The number of ether oxygens (including phenoxy) is 2. The number of halogens is 1. The van der Waals surface area contributed by atoms with Crippen LogP contribution in [-0.4, -0.2) is 25.7 Å². The molecule has 0 unspecified atom stereocenters. The lowest BCUT2D eigenvalue weighted by Gasteiger charge is -2.10. The molecule has 0 aromatic heterocycles. The van der Waals surface area contributed by atoms with E-state index < -0.39 is 0 Å². The van der Waals surface area contributed by atoms with Crippen molar-refractivity contribution in [1.29, 1.82) is 0 Å². The molecule has 1 aliphatic heterocycles. The first-order valence-corrected chi connectivity index (χ1v) is 5.91. The largest absolute Gasteiger partial charge is 0.491 e. The molecule has 1 aliphatic rings. The van der Waals surface area contributed by atoms with E-state index in [2.05, 4.69) is 5.32 Å². The summed E-state index contributed by atoms with van der Waals surface area (Å²) in [5, 5.41) is 3.34. The third kappa shape index (κ3) is 2.90. The molecule has 0 bridgehead atoms. The zero-order valence-corrected chi connectivity index (χ0v) is 10.3. The molecule has 4 nitrogen and oxygen atoms in total. The fourth-order valence-corrected chi connectivity index (χ4v) is 1.98. The standard InChI is InChI=1S/C12H14ClNO3/c1-2-16-7-11(15)14-10-6-9(13)5-8-3-4-17-12(8)10/h5-6H,2-4,7H2,1H3,(H,14,15). The number of carbonyl (C=O) groups is 1. The molecule has 0 aliphatic carbocycles. The second-order valence-electron chi connectivity index (χ2n) is 3.73. The number of carbonyl (C=O) groups excluding carboxylic acids is 1. The van der Waals surface area contributed by atoms with E-state index in [0.717, 1.165) is 17.7 Å². The second kappa shape index (κ2) is 5.38. The number of rotatable bonds is 4. The first-order valence-electron chi connectivity index (χ1n) is 5.53. The van der Waals surface area contributed by atoms with Gasteiger partial charge in [-0.05, 0) is 19.1 Å². The highest BCUT2D eigenvalue weighted by atomic mass is 35.5. The van der Waals surface area contributed by atoms with Gasteiger partial charge in [-0.3, -0.25) is 4.79 Å². The van der Waals surface area contributed by atoms with Crippen molar-refractivity contribution >= 4 is 23.2 Å². The van der Waals surface area contributed by atoms with Crippen LogP contribution in [0.1, 0.15) is 12.5 Å². The zero-order valence-electron chi connectivity index (χ0n) is 9.59. The fraction of sp³-hybridized carbons (Fsp3) is 0.417. The summed E-state index contributed by atoms with van der Waals surface area (Å²) in [6.45, 7) is 3.02. The predicted molar refractivity (Wildman–Crippen MR) is 65.8 cm³/mol. The van der Waals surface area contributed by atoms with Crippen LogP contribution in [0.25, 0.3) is 0 Å². The first kappa shape index (κ1) is 12.2. The molecule has 0 saturated heterocycles. The average molecular weight is 256 g/mol. The van der Waals surface area contributed by atoms with Gasteiger partial charge in [0.25, 0.3) is 0 Å². The quantitative estimate of drug-likeness (QED) is 0.898. The van der Waals surface area contributed by atoms with Gasteiger partial charge >= 0.3 is 0 Å². The Morgan fingerprint density at radius 3 is 3.18 bits per heavy atom. The van der Waals surface area contributed by atoms with Crippen molar-refractivity contribution in [1.82, 2.24) is 0 Å². The minimum Gasteiger partial charge on any atom is -0.491 e. The number of hydrogen-bond donors (Lipinski definition) is 1. The van der Waals surface area contributed by atoms with Crippen LogP contribution in [0.5, 0.6) is 5.75 Å². The summed E-state index contributed by atoms with van der Waals surface area (Å²) < 4.78 is 10.5. The van der Waals surface area contributed by atoms with E-state index in [1.165, 1.54) is 0 Å². The SMILES string of the molecule is CCOCC(=O)Nc1cc(Cl)cc2c1OCC2. The molecule has 0 radical (unpaired) electrons. The van der Waals surface area contributed by atoms with Crippen LogP contribution in [0.3, 0.4) is 0 Å². The van der Waals surface area contributed by atoms with Gasteiger partial charge in [0, 0.05) is 23.6 Å². The summed E-state index contributed by atoms with van der Waals surface area (Å²) in [5.41, 5.74) is 1.65. The van der Waals surface area contributed by atoms with Crippen LogP contribution in [0.4, 0.5) is 5.69 Å². The van der Waals surface area contributed by atoms with Gasteiger partial charge in [-0.15, -0.1) is 0 Å². The average Bonchev–Trinajstić information content (AvgIpc) is 2.74. The maximum absolute atomic E-state index is 11.5. The molecule has 0 fully saturated rings. The van der Waals surface area contributed by atoms with Crippen molar-refractivity contribution in [3.63, 3.8) is 0 Å². The highest BCUT2D eigenvalue weighted by Crippen LogP contribution is 2.36. The molecule has 1 N–H and O–H groups in total. The lowest BCUT2D eigenvalue weighted by Crippen LogP contribution is -2.18. The van der Waals surface area contributed by atoms with E-state index in [0.29, 0.717) is 23.9 Å². The van der Waals surface area contributed by atoms with E-state index in [1.54, 1.807) is 6.07 Å². The Kier molecular flexibility index (Phi) is 3.86. The Bertz CT molecular complexity index is 434. The van der Waals surface area contributed by atoms with Crippen LogP contribution >= 0.6 is 11.6 Å². The maximum Gasteiger partial charge on any atom is 0.250 e. The highest BCUT2D eigenvalue weighted by molar-refractivity contribution is 6.31. The molecular weight excluding hydrogens is 242 g/mol. The van der Waals surface area contributed by atoms with Crippen molar-refractivity contribution in [3.05, 3.63) is 22.7 Å². The van der Waals surface area contributed by atoms with E-state index in [9.17, 15) is 4.79 Å². The van der Waals surface area contributed by atoms with E-state index in [1.807, 2.05) is 13.0 Å². The molecule has 1 aromatic carbocycles. The van der Waals surface area contributed by atoms with Crippen LogP contribution in [0.15, 0.2) is 12.1 Å². The number of fused-ring (bicyclic) bond motifs is 1. The Labute approximate surface area is 105 Å². The lowest BCUT2D eigenvalue weighted by molar-refractivity contribution is -0.120. The van der Waals surface area contributed by atoms with E-state index in [-0.39, 0.29) is 12.5 Å². The third-order valence-electron chi connectivity index (χ3n) is 2.46. The minimum atomic E-state index is -0.202. The lowest BCUT2D eigenvalue weighted by atomic mass is 10.1.